The highest BCUT2D eigenvalue weighted by molar-refractivity contribution is 6.31. The van der Waals surface area contributed by atoms with Gasteiger partial charge < -0.3 is 10.6 Å². The number of carbonyl (C=O) groups excluding carboxylic acids is 1. The van der Waals surface area contributed by atoms with Crippen LogP contribution in [0.4, 0.5) is 4.39 Å². The van der Waals surface area contributed by atoms with E-state index in [1.807, 2.05) is 6.92 Å². The highest BCUT2D eigenvalue weighted by Crippen LogP contribution is 2.23. The van der Waals surface area contributed by atoms with Crippen LogP contribution in [-0.4, -0.2) is 29.9 Å². The third-order valence-electron chi connectivity index (χ3n) is 3.73. The Balaban J connectivity index is 2.07. The van der Waals surface area contributed by atoms with Gasteiger partial charge in [0, 0.05) is 24.2 Å². The second kappa shape index (κ2) is 5.88. The largest absolute Gasteiger partial charge is 0.339 e. The highest BCUT2D eigenvalue weighted by atomic mass is 35.5. The first-order valence-corrected chi connectivity index (χ1v) is 6.86. The van der Waals surface area contributed by atoms with Crippen molar-refractivity contribution in [2.45, 2.75) is 25.8 Å². The minimum absolute atomic E-state index is 0.0479. The smallest absolute Gasteiger partial charge is 0.256 e. The molecule has 1 unspecified atom stereocenters. The first kappa shape index (κ1) is 14.3. The number of rotatable bonds is 2. The zero-order valence-electron chi connectivity index (χ0n) is 10.9. The number of likely N-dealkylation sites (tertiary alicyclic amines) is 1. The Kier molecular flexibility index (Phi) is 4.42. The quantitative estimate of drug-likeness (QED) is 0.907. The molecule has 0 aromatic heterocycles. The fourth-order valence-corrected chi connectivity index (χ4v) is 2.63. The van der Waals surface area contributed by atoms with E-state index < -0.39 is 5.82 Å². The Bertz CT molecular complexity index is 471. The second-order valence-corrected chi connectivity index (χ2v) is 5.55. The lowest BCUT2D eigenvalue weighted by Crippen LogP contribution is -2.42. The Morgan fingerprint density at radius 2 is 2.11 bits per heavy atom. The lowest BCUT2D eigenvalue weighted by Gasteiger charge is -2.33. The van der Waals surface area contributed by atoms with E-state index in [4.69, 9.17) is 17.3 Å². The number of nitrogens with two attached hydrogens (primary N) is 1. The summed E-state index contributed by atoms with van der Waals surface area (Å²) in [6.07, 6.45) is 1.73. The summed E-state index contributed by atoms with van der Waals surface area (Å²) in [5.41, 5.74) is 5.91. The molecule has 0 spiro atoms. The molecule has 1 saturated heterocycles. The van der Waals surface area contributed by atoms with Crippen molar-refractivity contribution in [3.05, 3.63) is 34.6 Å². The molecule has 104 valence electrons. The van der Waals surface area contributed by atoms with Crippen LogP contribution in [0.1, 0.15) is 30.1 Å². The van der Waals surface area contributed by atoms with Crippen molar-refractivity contribution in [3.63, 3.8) is 0 Å². The number of amides is 1. The van der Waals surface area contributed by atoms with Gasteiger partial charge in [-0.05, 0) is 43.9 Å². The van der Waals surface area contributed by atoms with Crippen molar-refractivity contribution >= 4 is 17.5 Å². The van der Waals surface area contributed by atoms with Crippen molar-refractivity contribution in [3.8, 4) is 0 Å². The van der Waals surface area contributed by atoms with Gasteiger partial charge in [0.15, 0.2) is 0 Å². The normalized spacial score (nSPS) is 18.4. The summed E-state index contributed by atoms with van der Waals surface area (Å²) in [5, 5.41) is 0.371. The summed E-state index contributed by atoms with van der Waals surface area (Å²) in [7, 11) is 0. The molecule has 1 fully saturated rings. The lowest BCUT2D eigenvalue weighted by atomic mass is 9.90. The van der Waals surface area contributed by atoms with Crippen molar-refractivity contribution in [2.24, 2.45) is 11.7 Å². The number of nitrogens with zero attached hydrogens (tertiary/aromatic N) is 1. The van der Waals surface area contributed by atoms with Gasteiger partial charge in [-0.3, -0.25) is 4.79 Å². The number of benzene rings is 1. The van der Waals surface area contributed by atoms with Crippen LogP contribution in [0.25, 0.3) is 0 Å². The molecule has 1 aliphatic rings. The summed E-state index contributed by atoms with van der Waals surface area (Å²) in [4.78, 5) is 13.9. The molecular weight excluding hydrogens is 267 g/mol. The molecule has 0 saturated carbocycles. The van der Waals surface area contributed by atoms with Crippen molar-refractivity contribution in [2.75, 3.05) is 13.1 Å². The molecule has 3 nitrogen and oxygen atoms in total. The molecule has 1 aliphatic heterocycles. The van der Waals surface area contributed by atoms with Crippen LogP contribution in [-0.2, 0) is 0 Å². The summed E-state index contributed by atoms with van der Waals surface area (Å²) in [5.74, 6) is -0.375. The van der Waals surface area contributed by atoms with Crippen LogP contribution in [0.5, 0.6) is 0 Å². The molecule has 0 radical (unpaired) electrons. The zero-order chi connectivity index (χ0) is 14.0. The predicted molar refractivity (Wildman–Crippen MR) is 73.7 cm³/mol. The van der Waals surface area contributed by atoms with Crippen LogP contribution in [0, 0.1) is 11.7 Å². The maximum atomic E-state index is 13.7. The molecular formula is C14H18ClFN2O. The van der Waals surface area contributed by atoms with E-state index in [1.165, 1.54) is 18.2 Å². The molecule has 0 aliphatic carbocycles. The van der Waals surface area contributed by atoms with Gasteiger partial charge in [0.05, 0.1) is 5.56 Å². The minimum atomic E-state index is -0.524. The summed E-state index contributed by atoms with van der Waals surface area (Å²) in [6, 6.07) is 4.19. The number of hydrogen-bond acceptors (Lipinski definition) is 2. The van der Waals surface area contributed by atoms with E-state index >= 15 is 0 Å². The van der Waals surface area contributed by atoms with E-state index in [1.54, 1.807) is 4.90 Å². The number of hydrogen-bond donors (Lipinski definition) is 1. The van der Waals surface area contributed by atoms with Crippen LogP contribution in [0.3, 0.4) is 0 Å². The molecule has 1 amide bonds. The molecule has 1 heterocycles. The van der Waals surface area contributed by atoms with Crippen molar-refractivity contribution in [1.82, 2.24) is 4.90 Å². The van der Waals surface area contributed by atoms with Crippen LogP contribution in [0.15, 0.2) is 18.2 Å². The van der Waals surface area contributed by atoms with Crippen LogP contribution in [0.2, 0.25) is 5.02 Å². The van der Waals surface area contributed by atoms with Gasteiger partial charge in [0.2, 0.25) is 0 Å². The van der Waals surface area contributed by atoms with Gasteiger partial charge in [-0.1, -0.05) is 11.6 Å². The third kappa shape index (κ3) is 3.25. The Labute approximate surface area is 117 Å². The standard InChI is InChI=1S/C14H18ClFN2O/c1-9(17)10-4-6-18(7-5-10)14(19)12-8-11(15)2-3-13(12)16/h2-3,8-10H,4-7,17H2,1H3. The molecule has 1 aromatic carbocycles. The molecule has 2 N–H and O–H groups in total. The Morgan fingerprint density at radius 1 is 1.47 bits per heavy atom. The Hall–Kier alpha value is -1.13. The molecule has 2 rings (SSSR count). The van der Waals surface area contributed by atoms with E-state index in [2.05, 4.69) is 0 Å². The number of carbonyl (C=O) groups is 1. The predicted octanol–water partition coefficient (Wildman–Crippen LogP) is 2.68. The van der Waals surface area contributed by atoms with Gasteiger partial charge in [0.1, 0.15) is 5.82 Å². The molecule has 5 heteroatoms. The maximum Gasteiger partial charge on any atom is 0.256 e. The average molecular weight is 285 g/mol. The Morgan fingerprint density at radius 3 is 2.68 bits per heavy atom. The fourth-order valence-electron chi connectivity index (χ4n) is 2.46. The van der Waals surface area contributed by atoms with Gasteiger partial charge in [-0.25, -0.2) is 4.39 Å². The average Bonchev–Trinajstić information content (AvgIpc) is 2.41. The van der Waals surface area contributed by atoms with Gasteiger partial charge in [-0.15, -0.1) is 0 Å². The van der Waals surface area contributed by atoms with Gasteiger partial charge in [-0.2, -0.15) is 0 Å². The van der Waals surface area contributed by atoms with Gasteiger partial charge in [0.25, 0.3) is 5.91 Å². The zero-order valence-corrected chi connectivity index (χ0v) is 11.7. The SMILES string of the molecule is CC(N)C1CCN(C(=O)c2cc(Cl)ccc2F)CC1. The first-order valence-electron chi connectivity index (χ1n) is 6.49. The molecule has 0 bridgehead atoms. The van der Waals surface area contributed by atoms with Crippen molar-refractivity contribution < 1.29 is 9.18 Å². The number of piperidine rings is 1. The second-order valence-electron chi connectivity index (χ2n) is 5.11. The number of halogens is 2. The summed E-state index contributed by atoms with van der Waals surface area (Å²) in [6.45, 7) is 3.23. The van der Waals surface area contributed by atoms with Gasteiger partial charge >= 0.3 is 0 Å². The summed E-state index contributed by atoms with van der Waals surface area (Å²) < 4.78 is 13.7. The molecule has 19 heavy (non-hydrogen) atoms. The van der Waals surface area contributed by atoms with E-state index in [0.29, 0.717) is 24.0 Å². The van der Waals surface area contributed by atoms with Crippen LogP contribution < -0.4 is 5.73 Å². The first-order chi connectivity index (χ1) is 8.99. The van der Waals surface area contributed by atoms with E-state index in [9.17, 15) is 9.18 Å². The van der Waals surface area contributed by atoms with Crippen LogP contribution >= 0.6 is 11.6 Å². The minimum Gasteiger partial charge on any atom is -0.339 e. The highest BCUT2D eigenvalue weighted by Gasteiger charge is 2.26. The maximum absolute atomic E-state index is 13.7. The fraction of sp³-hybridized carbons (Fsp3) is 0.500. The third-order valence-corrected chi connectivity index (χ3v) is 3.96. The van der Waals surface area contributed by atoms with E-state index in [0.717, 1.165) is 12.8 Å². The molecule has 1 atom stereocenters. The molecule has 1 aromatic rings. The lowest BCUT2D eigenvalue weighted by molar-refractivity contribution is 0.0676. The monoisotopic (exact) mass is 284 g/mol. The topological polar surface area (TPSA) is 46.3 Å². The summed E-state index contributed by atoms with van der Waals surface area (Å²) >= 11 is 5.81. The van der Waals surface area contributed by atoms with Crippen molar-refractivity contribution in [1.29, 1.82) is 0 Å². The van der Waals surface area contributed by atoms with E-state index in [-0.39, 0.29) is 17.5 Å².